The molecule has 136 valence electrons. The van der Waals surface area contributed by atoms with Crippen LogP contribution in [0.5, 0.6) is 5.75 Å². The molecule has 0 fully saturated rings. The normalized spacial score (nSPS) is 13.5. The molecule has 6 heteroatoms. The van der Waals surface area contributed by atoms with E-state index in [-0.39, 0.29) is 0 Å². The van der Waals surface area contributed by atoms with Crippen molar-refractivity contribution in [1.29, 1.82) is 0 Å². The lowest BCUT2D eigenvalue weighted by Gasteiger charge is -2.26. The Morgan fingerprint density at radius 3 is 2.77 bits per heavy atom. The van der Waals surface area contributed by atoms with E-state index in [1.165, 1.54) is 23.1 Å². The van der Waals surface area contributed by atoms with Gasteiger partial charge in [-0.3, -0.25) is 4.79 Å². The van der Waals surface area contributed by atoms with Crippen molar-refractivity contribution >= 4 is 39.3 Å². The molecule has 0 bridgehead atoms. The fourth-order valence-electron chi connectivity index (χ4n) is 2.84. The largest absolute Gasteiger partial charge is 0.494 e. The van der Waals surface area contributed by atoms with Gasteiger partial charge in [0.05, 0.1) is 16.8 Å². The van der Waals surface area contributed by atoms with Crippen molar-refractivity contribution in [2.24, 2.45) is 0 Å². The molecule has 1 heterocycles. The molecular formula is C20H21NO3S2. The van der Waals surface area contributed by atoms with Crippen LogP contribution in [0.1, 0.15) is 30.5 Å². The van der Waals surface area contributed by atoms with Gasteiger partial charge >= 0.3 is 5.97 Å². The highest BCUT2D eigenvalue weighted by Crippen LogP contribution is 2.45. The van der Waals surface area contributed by atoms with E-state index >= 15 is 0 Å². The minimum absolute atomic E-state index is 0.607. The van der Waals surface area contributed by atoms with Gasteiger partial charge in [0, 0.05) is 0 Å². The number of aliphatic carboxylic acids is 1. The Labute approximate surface area is 161 Å². The van der Waals surface area contributed by atoms with Gasteiger partial charge in [-0.2, -0.15) is 0 Å². The van der Waals surface area contributed by atoms with Crippen LogP contribution in [0.4, 0.5) is 0 Å². The van der Waals surface area contributed by atoms with E-state index in [0.717, 1.165) is 37.0 Å². The molecule has 0 saturated carbocycles. The number of thiazole rings is 1. The number of rotatable bonds is 6. The maximum absolute atomic E-state index is 12.2. The molecule has 1 atom stereocenters. The van der Waals surface area contributed by atoms with Gasteiger partial charge < -0.3 is 9.84 Å². The summed E-state index contributed by atoms with van der Waals surface area (Å²) in [4.78, 5) is 16.8. The van der Waals surface area contributed by atoms with Gasteiger partial charge in [-0.05, 0) is 62.6 Å². The molecule has 3 rings (SSSR count). The molecule has 0 amide bonds. The maximum atomic E-state index is 12.2. The Morgan fingerprint density at radius 1 is 1.31 bits per heavy atom. The first-order valence-corrected chi connectivity index (χ1v) is 10.0. The number of nitrogens with zero attached hydrogens (tertiary/aromatic N) is 1. The van der Waals surface area contributed by atoms with Crippen LogP contribution >= 0.6 is 23.1 Å². The van der Waals surface area contributed by atoms with Crippen LogP contribution in [0.15, 0.2) is 40.7 Å². The molecule has 0 spiro atoms. The molecule has 1 N–H and O–H groups in total. The summed E-state index contributed by atoms with van der Waals surface area (Å²) >= 11 is 2.78. The fourth-order valence-corrected chi connectivity index (χ4v) is 5.41. The SMILES string of the molecule is CCOc1ccc2nc(SC(C)(C(=O)O)c3cccc(C)c3C)sc2c1. The van der Waals surface area contributed by atoms with E-state index in [2.05, 4.69) is 4.98 Å². The summed E-state index contributed by atoms with van der Waals surface area (Å²) in [6.45, 7) is 8.27. The molecule has 0 radical (unpaired) electrons. The van der Waals surface area contributed by atoms with E-state index in [4.69, 9.17) is 4.74 Å². The van der Waals surface area contributed by atoms with E-state index in [0.29, 0.717) is 6.61 Å². The minimum Gasteiger partial charge on any atom is -0.494 e. The number of fused-ring (bicyclic) bond motifs is 1. The van der Waals surface area contributed by atoms with Crippen LogP contribution in [0.2, 0.25) is 0 Å². The molecule has 0 aliphatic heterocycles. The lowest BCUT2D eigenvalue weighted by atomic mass is 9.93. The summed E-state index contributed by atoms with van der Waals surface area (Å²) in [6, 6.07) is 11.6. The number of benzene rings is 2. The van der Waals surface area contributed by atoms with Gasteiger partial charge in [-0.1, -0.05) is 30.0 Å². The van der Waals surface area contributed by atoms with Crippen molar-refractivity contribution in [3.05, 3.63) is 53.1 Å². The summed E-state index contributed by atoms with van der Waals surface area (Å²) in [7, 11) is 0. The molecule has 26 heavy (non-hydrogen) atoms. The number of aromatic nitrogens is 1. The molecule has 2 aromatic carbocycles. The molecule has 3 aromatic rings. The molecule has 1 unspecified atom stereocenters. The Bertz CT molecular complexity index is 967. The molecule has 0 aliphatic carbocycles. The van der Waals surface area contributed by atoms with Gasteiger partial charge in [0.1, 0.15) is 10.5 Å². The van der Waals surface area contributed by atoms with Crippen LogP contribution in [0, 0.1) is 13.8 Å². The first-order valence-electron chi connectivity index (χ1n) is 8.37. The second kappa shape index (κ2) is 7.29. The zero-order valence-electron chi connectivity index (χ0n) is 15.2. The smallest absolute Gasteiger partial charge is 0.324 e. The molecule has 0 aliphatic rings. The zero-order valence-corrected chi connectivity index (χ0v) is 16.8. The number of hydrogen-bond acceptors (Lipinski definition) is 5. The summed E-state index contributed by atoms with van der Waals surface area (Å²) in [5, 5.41) is 9.99. The Kier molecular flexibility index (Phi) is 5.25. The zero-order chi connectivity index (χ0) is 18.9. The van der Waals surface area contributed by atoms with Crippen molar-refractivity contribution in [2.75, 3.05) is 6.61 Å². The fraction of sp³-hybridized carbons (Fsp3) is 0.300. The number of ether oxygens (including phenoxy) is 1. The first kappa shape index (κ1) is 18.7. The predicted octanol–water partition coefficient (Wildman–Crippen LogP) is 5.40. The second-order valence-corrected chi connectivity index (χ2v) is 8.93. The van der Waals surface area contributed by atoms with Crippen LogP contribution in [-0.2, 0) is 9.54 Å². The first-order chi connectivity index (χ1) is 12.3. The van der Waals surface area contributed by atoms with Crippen molar-refractivity contribution in [1.82, 2.24) is 4.98 Å². The second-order valence-electron chi connectivity index (χ2n) is 6.23. The lowest BCUT2D eigenvalue weighted by Crippen LogP contribution is -2.29. The molecular weight excluding hydrogens is 366 g/mol. The highest BCUT2D eigenvalue weighted by molar-refractivity contribution is 8.02. The standard InChI is InChI=1S/C20H21NO3S2/c1-5-24-14-9-10-16-17(11-14)25-19(21-16)26-20(4,18(22)23)15-8-6-7-12(2)13(15)3/h6-11H,5H2,1-4H3,(H,22,23). The Balaban J connectivity index is 2.01. The Morgan fingerprint density at radius 2 is 2.08 bits per heavy atom. The number of carboxylic acid groups (broad SMARTS) is 1. The third-order valence-corrected chi connectivity index (χ3v) is 6.85. The summed E-state index contributed by atoms with van der Waals surface area (Å²) in [5.41, 5.74) is 3.75. The van der Waals surface area contributed by atoms with Crippen molar-refractivity contribution in [3.8, 4) is 5.75 Å². The van der Waals surface area contributed by atoms with E-state index in [1.54, 1.807) is 6.92 Å². The highest BCUT2D eigenvalue weighted by Gasteiger charge is 2.39. The summed E-state index contributed by atoms with van der Waals surface area (Å²) < 4.78 is 6.16. The monoisotopic (exact) mass is 387 g/mol. The van der Waals surface area contributed by atoms with Crippen LogP contribution < -0.4 is 4.74 Å². The van der Waals surface area contributed by atoms with Crippen LogP contribution in [0.25, 0.3) is 10.2 Å². The topological polar surface area (TPSA) is 59.4 Å². The van der Waals surface area contributed by atoms with Crippen molar-refractivity contribution < 1.29 is 14.6 Å². The third kappa shape index (κ3) is 3.44. The average molecular weight is 388 g/mol. The predicted molar refractivity (Wildman–Crippen MR) is 108 cm³/mol. The molecule has 4 nitrogen and oxygen atoms in total. The quantitative estimate of drug-likeness (QED) is 0.574. The van der Waals surface area contributed by atoms with Crippen LogP contribution in [0.3, 0.4) is 0 Å². The maximum Gasteiger partial charge on any atom is 0.324 e. The van der Waals surface area contributed by atoms with E-state index in [1.807, 2.05) is 57.2 Å². The lowest BCUT2D eigenvalue weighted by molar-refractivity contribution is -0.139. The van der Waals surface area contributed by atoms with Crippen molar-refractivity contribution in [3.63, 3.8) is 0 Å². The number of carbonyl (C=O) groups is 1. The highest BCUT2D eigenvalue weighted by atomic mass is 32.2. The molecule has 1 aromatic heterocycles. The summed E-state index contributed by atoms with van der Waals surface area (Å²) in [6.07, 6.45) is 0. The van der Waals surface area contributed by atoms with Gasteiger partial charge in [-0.25, -0.2) is 4.98 Å². The van der Waals surface area contributed by atoms with Gasteiger partial charge in [0.15, 0.2) is 4.34 Å². The summed E-state index contributed by atoms with van der Waals surface area (Å²) in [5.74, 6) is -0.0683. The number of hydrogen-bond donors (Lipinski definition) is 1. The van der Waals surface area contributed by atoms with Gasteiger partial charge in [0.25, 0.3) is 0 Å². The third-order valence-electron chi connectivity index (χ3n) is 4.47. The van der Waals surface area contributed by atoms with E-state index < -0.39 is 10.7 Å². The van der Waals surface area contributed by atoms with Gasteiger partial charge in [0.2, 0.25) is 0 Å². The molecule has 0 saturated heterocycles. The number of aryl methyl sites for hydroxylation is 1. The Hall–Kier alpha value is -2.05. The number of thioether (sulfide) groups is 1. The number of carboxylic acids is 1. The minimum atomic E-state index is -1.10. The average Bonchev–Trinajstić information content (AvgIpc) is 2.98. The van der Waals surface area contributed by atoms with Crippen LogP contribution in [-0.4, -0.2) is 22.7 Å². The van der Waals surface area contributed by atoms with Crippen molar-refractivity contribution in [2.45, 2.75) is 36.8 Å². The van der Waals surface area contributed by atoms with Gasteiger partial charge in [-0.15, -0.1) is 11.3 Å². The van der Waals surface area contributed by atoms with E-state index in [9.17, 15) is 9.90 Å².